The van der Waals surface area contributed by atoms with Crippen molar-refractivity contribution >= 4 is 16.2 Å². The number of halogens is 2. The zero-order valence-electron chi connectivity index (χ0n) is 14.9. The SMILES string of the molecule is CCn1c(COC(N)=O)nc(S(=O)(=O)Oc2cc(F)cc(F)c2)c1C(C)C. The van der Waals surface area contributed by atoms with Crippen molar-refractivity contribution in [2.75, 3.05) is 0 Å². The Morgan fingerprint density at radius 1 is 1.26 bits per heavy atom. The first-order valence-corrected chi connectivity index (χ1v) is 9.38. The molecule has 27 heavy (non-hydrogen) atoms. The zero-order chi connectivity index (χ0) is 20.4. The zero-order valence-corrected chi connectivity index (χ0v) is 15.7. The summed E-state index contributed by atoms with van der Waals surface area (Å²) in [5.41, 5.74) is 5.24. The van der Waals surface area contributed by atoms with Crippen molar-refractivity contribution in [3.63, 3.8) is 0 Å². The van der Waals surface area contributed by atoms with E-state index >= 15 is 0 Å². The van der Waals surface area contributed by atoms with E-state index in [1.165, 1.54) is 0 Å². The van der Waals surface area contributed by atoms with Gasteiger partial charge in [0.05, 0.1) is 5.69 Å². The van der Waals surface area contributed by atoms with E-state index in [9.17, 15) is 22.0 Å². The number of nitrogens with zero attached hydrogens (tertiary/aromatic N) is 2. The standard InChI is InChI=1S/C16H19F2N3O5S/c1-4-21-13(8-25-16(19)22)20-15(14(21)9(2)3)27(23,24)26-12-6-10(17)5-11(18)7-12/h5-7,9H,4,8H2,1-3H3,(H2,19,22). The Morgan fingerprint density at radius 3 is 2.33 bits per heavy atom. The van der Waals surface area contributed by atoms with Gasteiger partial charge in [0.1, 0.15) is 23.2 Å². The second-order valence-electron chi connectivity index (χ2n) is 5.87. The summed E-state index contributed by atoms with van der Waals surface area (Å²) in [6.07, 6.45) is -1.04. The quantitative estimate of drug-likeness (QED) is 0.711. The summed E-state index contributed by atoms with van der Waals surface area (Å²) in [6, 6.07) is 2.07. The van der Waals surface area contributed by atoms with Crippen LogP contribution >= 0.6 is 0 Å². The Hall–Kier alpha value is -2.69. The van der Waals surface area contributed by atoms with Gasteiger partial charge >= 0.3 is 16.2 Å². The van der Waals surface area contributed by atoms with Crippen LogP contribution in [0.25, 0.3) is 0 Å². The molecule has 1 aromatic heterocycles. The van der Waals surface area contributed by atoms with Gasteiger partial charge < -0.3 is 19.2 Å². The highest BCUT2D eigenvalue weighted by atomic mass is 32.2. The van der Waals surface area contributed by atoms with Crippen LogP contribution in [-0.4, -0.2) is 24.1 Å². The summed E-state index contributed by atoms with van der Waals surface area (Å²) in [4.78, 5) is 14.9. The molecule has 148 valence electrons. The third-order valence-corrected chi connectivity index (χ3v) is 4.72. The molecule has 0 saturated carbocycles. The Kier molecular flexibility index (Phi) is 6.04. The van der Waals surface area contributed by atoms with E-state index in [1.807, 2.05) is 0 Å². The molecule has 0 radical (unpaired) electrons. The smallest absolute Gasteiger partial charge is 0.404 e. The van der Waals surface area contributed by atoms with Gasteiger partial charge in [-0.05, 0) is 12.8 Å². The van der Waals surface area contributed by atoms with Crippen LogP contribution in [0.1, 0.15) is 38.2 Å². The van der Waals surface area contributed by atoms with Crippen molar-refractivity contribution < 1.29 is 30.9 Å². The first-order valence-electron chi connectivity index (χ1n) is 7.97. The maximum atomic E-state index is 13.3. The molecule has 0 aliphatic rings. The third-order valence-electron chi connectivity index (χ3n) is 3.54. The highest BCUT2D eigenvalue weighted by Gasteiger charge is 2.30. The molecule has 0 aliphatic carbocycles. The molecule has 1 heterocycles. The van der Waals surface area contributed by atoms with Crippen LogP contribution in [0, 0.1) is 11.6 Å². The van der Waals surface area contributed by atoms with E-state index in [0.29, 0.717) is 18.3 Å². The predicted molar refractivity (Wildman–Crippen MR) is 90.5 cm³/mol. The average molecular weight is 403 g/mol. The molecule has 1 amide bonds. The Bertz CT molecular complexity index is 937. The van der Waals surface area contributed by atoms with Gasteiger partial charge in [-0.1, -0.05) is 13.8 Å². The van der Waals surface area contributed by atoms with E-state index in [1.54, 1.807) is 25.3 Å². The lowest BCUT2D eigenvalue weighted by Crippen LogP contribution is -2.16. The van der Waals surface area contributed by atoms with Crippen LogP contribution in [0.5, 0.6) is 5.75 Å². The molecule has 0 bridgehead atoms. The van der Waals surface area contributed by atoms with E-state index in [2.05, 4.69) is 4.98 Å². The molecule has 2 rings (SSSR count). The molecular weight excluding hydrogens is 384 g/mol. The number of primary amides is 1. The van der Waals surface area contributed by atoms with Crippen molar-refractivity contribution in [1.82, 2.24) is 9.55 Å². The molecule has 11 heteroatoms. The number of imidazole rings is 1. The number of carbonyl (C=O) groups is 1. The Balaban J connectivity index is 2.52. The number of carbonyl (C=O) groups excluding carboxylic acids is 1. The van der Waals surface area contributed by atoms with E-state index < -0.39 is 38.6 Å². The van der Waals surface area contributed by atoms with E-state index in [-0.39, 0.29) is 18.3 Å². The summed E-state index contributed by atoms with van der Waals surface area (Å²) in [7, 11) is -4.51. The van der Waals surface area contributed by atoms with Gasteiger partial charge in [0, 0.05) is 24.7 Å². The summed E-state index contributed by atoms with van der Waals surface area (Å²) in [5.74, 6) is -2.65. The Labute approximate surface area is 155 Å². The number of hydrogen-bond acceptors (Lipinski definition) is 6. The average Bonchev–Trinajstić information content (AvgIpc) is 2.91. The fraction of sp³-hybridized carbons (Fsp3) is 0.375. The second kappa shape index (κ2) is 7.91. The summed E-state index contributed by atoms with van der Waals surface area (Å²) in [6.45, 7) is 5.22. The number of ether oxygens (including phenoxy) is 1. The molecule has 1 aromatic carbocycles. The fourth-order valence-electron chi connectivity index (χ4n) is 2.57. The number of amides is 1. The first kappa shape index (κ1) is 20.6. The highest BCUT2D eigenvalue weighted by molar-refractivity contribution is 7.87. The van der Waals surface area contributed by atoms with Crippen LogP contribution in [0.2, 0.25) is 0 Å². The third kappa shape index (κ3) is 4.73. The van der Waals surface area contributed by atoms with Crippen molar-refractivity contribution in [2.45, 2.75) is 44.9 Å². The van der Waals surface area contributed by atoms with Crippen molar-refractivity contribution in [3.05, 3.63) is 41.4 Å². The van der Waals surface area contributed by atoms with E-state index in [4.69, 9.17) is 14.7 Å². The van der Waals surface area contributed by atoms with Crippen LogP contribution in [0.4, 0.5) is 13.6 Å². The van der Waals surface area contributed by atoms with Crippen LogP contribution in [0.15, 0.2) is 23.2 Å². The van der Waals surface area contributed by atoms with Gasteiger partial charge in [-0.3, -0.25) is 0 Å². The largest absolute Gasteiger partial charge is 0.442 e. The predicted octanol–water partition coefficient (Wildman–Crippen LogP) is 2.67. The Morgan fingerprint density at radius 2 is 1.85 bits per heavy atom. The summed E-state index contributed by atoms with van der Waals surface area (Å²) >= 11 is 0. The topological polar surface area (TPSA) is 114 Å². The maximum absolute atomic E-state index is 13.3. The van der Waals surface area contributed by atoms with Crippen LogP contribution in [0.3, 0.4) is 0 Å². The maximum Gasteiger partial charge on any atom is 0.404 e. The van der Waals surface area contributed by atoms with Crippen molar-refractivity contribution in [1.29, 1.82) is 0 Å². The van der Waals surface area contributed by atoms with Gasteiger partial charge in [-0.25, -0.2) is 18.6 Å². The first-order chi connectivity index (χ1) is 12.5. The second-order valence-corrected chi connectivity index (χ2v) is 7.33. The van der Waals surface area contributed by atoms with Gasteiger partial charge in [0.25, 0.3) is 0 Å². The van der Waals surface area contributed by atoms with Gasteiger partial charge in [-0.2, -0.15) is 8.42 Å². The van der Waals surface area contributed by atoms with Gasteiger partial charge in [0.15, 0.2) is 6.61 Å². The lowest BCUT2D eigenvalue weighted by molar-refractivity contribution is 0.145. The number of nitrogens with two attached hydrogens (primary N) is 1. The minimum Gasteiger partial charge on any atom is -0.442 e. The van der Waals surface area contributed by atoms with Gasteiger partial charge in [0.2, 0.25) is 5.03 Å². The molecule has 8 nitrogen and oxygen atoms in total. The molecule has 0 aliphatic heterocycles. The monoisotopic (exact) mass is 403 g/mol. The van der Waals surface area contributed by atoms with Crippen molar-refractivity contribution in [2.24, 2.45) is 5.73 Å². The lowest BCUT2D eigenvalue weighted by Gasteiger charge is -2.13. The summed E-state index contributed by atoms with van der Waals surface area (Å²) in [5, 5.41) is -0.424. The van der Waals surface area contributed by atoms with Crippen LogP contribution in [-0.2, 0) is 28.0 Å². The molecule has 0 atom stereocenters. The number of aromatic nitrogens is 2. The minimum absolute atomic E-state index is 0.146. The molecule has 0 saturated heterocycles. The molecule has 2 N–H and O–H groups in total. The minimum atomic E-state index is -4.51. The lowest BCUT2D eigenvalue weighted by atomic mass is 10.1. The van der Waals surface area contributed by atoms with Crippen LogP contribution < -0.4 is 9.92 Å². The van der Waals surface area contributed by atoms with Gasteiger partial charge in [-0.15, -0.1) is 0 Å². The summed E-state index contributed by atoms with van der Waals surface area (Å²) < 4.78 is 63.1. The number of rotatable bonds is 7. The molecule has 0 fully saturated rings. The molecular formula is C16H19F2N3O5S. The molecule has 0 spiro atoms. The van der Waals surface area contributed by atoms with E-state index in [0.717, 1.165) is 12.1 Å². The normalized spacial score (nSPS) is 11.6. The number of hydrogen-bond donors (Lipinski definition) is 1. The fourth-order valence-corrected chi connectivity index (χ4v) is 3.82. The number of benzene rings is 1. The highest BCUT2D eigenvalue weighted by Crippen LogP contribution is 2.28. The molecule has 2 aromatic rings. The molecule has 0 unspecified atom stereocenters. The van der Waals surface area contributed by atoms with Crippen molar-refractivity contribution in [3.8, 4) is 5.75 Å².